The predicted molar refractivity (Wildman–Crippen MR) is 83.7 cm³/mol. The number of nitrogens with two attached hydrogens (primary N) is 1. The Morgan fingerprint density at radius 1 is 1.37 bits per heavy atom. The molecule has 0 amide bonds. The van der Waals surface area contributed by atoms with E-state index in [0.29, 0.717) is 21.6 Å². The quantitative estimate of drug-likeness (QED) is 0.912. The van der Waals surface area contributed by atoms with Crippen LogP contribution in [0.4, 0.5) is 5.00 Å². The molecule has 3 atom stereocenters. The minimum Gasteiger partial charge on any atom is -0.390 e. The largest absolute Gasteiger partial charge is 0.390 e. The van der Waals surface area contributed by atoms with Gasteiger partial charge in [0.1, 0.15) is 0 Å². The average Bonchev–Trinajstić information content (AvgIpc) is 3.01. The zero-order valence-electron chi connectivity index (χ0n) is 10.7. The Balaban J connectivity index is 1.80. The molecule has 3 unspecified atom stereocenters. The Morgan fingerprint density at radius 3 is 2.89 bits per heavy atom. The highest BCUT2D eigenvalue weighted by atomic mass is 32.2. The fraction of sp³-hybridized carbons (Fsp3) is 0.500. The van der Waals surface area contributed by atoms with Crippen molar-refractivity contribution in [1.29, 1.82) is 0 Å². The van der Waals surface area contributed by atoms with E-state index in [4.69, 9.17) is 10.3 Å². The second-order valence-corrected chi connectivity index (χ2v) is 8.47. The lowest BCUT2D eigenvalue weighted by Gasteiger charge is -2.29. The van der Waals surface area contributed by atoms with E-state index in [1.54, 1.807) is 0 Å². The summed E-state index contributed by atoms with van der Waals surface area (Å²) in [6.07, 6.45) is 0. The zero-order valence-corrected chi connectivity index (χ0v) is 13.1. The first kappa shape index (κ1) is 13.3. The molecule has 3 heterocycles. The van der Waals surface area contributed by atoms with E-state index < -0.39 is 0 Å². The van der Waals surface area contributed by atoms with Crippen LogP contribution in [0.15, 0.2) is 16.0 Å². The van der Waals surface area contributed by atoms with Crippen molar-refractivity contribution in [3.8, 4) is 11.5 Å². The van der Waals surface area contributed by atoms with Crippen molar-refractivity contribution in [3.63, 3.8) is 0 Å². The van der Waals surface area contributed by atoms with E-state index in [-0.39, 0.29) is 0 Å². The SMILES string of the molecule is CC1SCC(c2noc(-c3ccsc3N)n2)SC1C. The molecule has 2 N–H and O–H groups in total. The Hall–Kier alpha value is -0.660. The maximum atomic E-state index is 5.88. The molecule has 4 nitrogen and oxygen atoms in total. The first-order valence-electron chi connectivity index (χ1n) is 6.09. The molecular weight excluding hydrogens is 298 g/mol. The number of thiophene rings is 1. The lowest BCUT2D eigenvalue weighted by Crippen LogP contribution is -2.22. The van der Waals surface area contributed by atoms with E-state index in [1.165, 1.54) is 11.3 Å². The van der Waals surface area contributed by atoms with Gasteiger partial charge in [-0.3, -0.25) is 0 Å². The Labute approximate surface area is 124 Å². The van der Waals surface area contributed by atoms with E-state index in [9.17, 15) is 0 Å². The van der Waals surface area contributed by atoms with E-state index >= 15 is 0 Å². The van der Waals surface area contributed by atoms with Gasteiger partial charge in [0.25, 0.3) is 5.89 Å². The monoisotopic (exact) mass is 313 g/mol. The summed E-state index contributed by atoms with van der Waals surface area (Å²) < 4.78 is 5.35. The summed E-state index contributed by atoms with van der Waals surface area (Å²) in [4.78, 5) is 4.51. The zero-order chi connectivity index (χ0) is 13.4. The lowest BCUT2D eigenvalue weighted by molar-refractivity contribution is 0.423. The van der Waals surface area contributed by atoms with Crippen molar-refractivity contribution in [2.24, 2.45) is 0 Å². The predicted octanol–water partition coefficient (Wildman–Crippen LogP) is 3.68. The van der Waals surface area contributed by atoms with E-state index in [2.05, 4.69) is 24.0 Å². The van der Waals surface area contributed by atoms with Crippen LogP contribution in [0.25, 0.3) is 11.5 Å². The molecule has 1 saturated heterocycles. The van der Waals surface area contributed by atoms with Gasteiger partial charge in [-0.05, 0) is 11.4 Å². The molecule has 2 aromatic rings. The van der Waals surface area contributed by atoms with Gasteiger partial charge < -0.3 is 10.3 Å². The number of rotatable bonds is 2. The van der Waals surface area contributed by atoms with Gasteiger partial charge in [0.15, 0.2) is 5.82 Å². The average molecular weight is 313 g/mol. The molecule has 102 valence electrons. The molecule has 7 heteroatoms. The first-order valence-corrected chi connectivity index (χ1v) is 8.96. The summed E-state index contributed by atoms with van der Waals surface area (Å²) in [6, 6.07) is 1.92. The molecule has 2 aromatic heterocycles. The van der Waals surface area contributed by atoms with Crippen molar-refractivity contribution in [3.05, 3.63) is 17.3 Å². The number of nitrogen functional groups attached to an aromatic ring is 1. The smallest absolute Gasteiger partial charge is 0.260 e. The molecule has 0 aromatic carbocycles. The molecule has 0 aliphatic carbocycles. The van der Waals surface area contributed by atoms with Crippen molar-refractivity contribution in [2.75, 3.05) is 11.5 Å². The van der Waals surface area contributed by atoms with Gasteiger partial charge >= 0.3 is 0 Å². The third kappa shape index (κ3) is 2.64. The molecule has 3 rings (SSSR count). The van der Waals surface area contributed by atoms with Gasteiger partial charge in [-0.1, -0.05) is 19.0 Å². The second-order valence-electron chi connectivity index (χ2n) is 4.52. The van der Waals surface area contributed by atoms with Crippen molar-refractivity contribution in [1.82, 2.24) is 10.1 Å². The molecule has 0 spiro atoms. The first-order chi connectivity index (χ1) is 9.15. The van der Waals surface area contributed by atoms with Crippen LogP contribution in [0.1, 0.15) is 24.9 Å². The van der Waals surface area contributed by atoms with Crippen LogP contribution in [-0.2, 0) is 0 Å². The highest BCUT2D eigenvalue weighted by molar-refractivity contribution is 8.07. The van der Waals surface area contributed by atoms with Crippen LogP contribution in [0.2, 0.25) is 0 Å². The van der Waals surface area contributed by atoms with Gasteiger partial charge in [-0.25, -0.2) is 0 Å². The molecule has 1 fully saturated rings. The fourth-order valence-electron chi connectivity index (χ4n) is 1.89. The number of hydrogen-bond acceptors (Lipinski definition) is 7. The number of hydrogen-bond donors (Lipinski definition) is 1. The summed E-state index contributed by atoms with van der Waals surface area (Å²) in [5.41, 5.74) is 6.73. The molecule has 1 aliphatic rings. The van der Waals surface area contributed by atoms with Crippen LogP contribution in [0.3, 0.4) is 0 Å². The van der Waals surface area contributed by atoms with Crippen LogP contribution < -0.4 is 5.73 Å². The van der Waals surface area contributed by atoms with Crippen LogP contribution in [0.5, 0.6) is 0 Å². The standard InChI is InChI=1S/C12H15N3OS3/c1-6-7(2)19-9(5-18-6)11-14-12(16-15-11)8-3-4-17-10(8)13/h3-4,6-7,9H,5,13H2,1-2H3. The summed E-state index contributed by atoms with van der Waals surface area (Å²) in [5.74, 6) is 2.36. The van der Waals surface area contributed by atoms with Gasteiger partial charge in [0.2, 0.25) is 0 Å². The number of nitrogens with zero attached hydrogens (tertiary/aromatic N) is 2. The van der Waals surface area contributed by atoms with Gasteiger partial charge in [0, 0.05) is 16.3 Å². The van der Waals surface area contributed by atoms with Crippen LogP contribution >= 0.6 is 34.9 Å². The minimum absolute atomic E-state index is 0.313. The minimum atomic E-state index is 0.313. The lowest BCUT2D eigenvalue weighted by atomic mass is 10.3. The van der Waals surface area contributed by atoms with Crippen LogP contribution in [0, 0.1) is 0 Å². The number of aromatic nitrogens is 2. The summed E-state index contributed by atoms with van der Waals surface area (Å²) in [6.45, 7) is 4.53. The van der Waals surface area contributed by atoms with Crippen molar-refractivity contribution in [2.45, 2.75) is 29.6 Å². The molecule has 0 bridgehead atoms. The normalized spacial score (nSPS) is 27.6. The van der Waals surface area contributed by atoms with Crippen LogP contribution in [-0.4, -0.2) is 26.4 Å². The van der Waals surface area contributed by atoms with Gasteiger partial charge in [-0.15, -0.1) is 23.1 Å². The second kappa shape index (κ2) is 5.38. The topological polar surface area (TPSA) is 64.9 Å². The maximum Gasteiger partial charge on any atom is 0.260 e. The number of thioether (sulfide) groups is 2. The van der Waals surface area contributed by atoms with Crippen molar-refractivity contribution < 1.29 is 4.52 Å². The van der Waals surface area contributed by atoms with Gasteiger partial charge in [-0.2, -0.15) is 16.7 Å². The number of anilines is 1. The summed E-state index contributed by atoms with van der Waals surface area (Å²) >= 11 is 5.39. The molecule has 1 aliphatic heterocycles. The third-order valence-electron chi connectivity index (χ3n) is 3.21. The van der Waals surface area contributed by atoms with Gasteiger partial charge in [0.05, 0.1) is 15.8 Å². The molecule has 0 radical (unpaired) electrons. The van der Waals surface area contributed by atoms with Crippen molar-refractivity contribution >= 4 is 39.9 Å². The third-order valence-corrected chi connectivity index (χ3v) is 7.34. The molecular formula is C12H15N3OS3. The van der Waals surface area contributed by atoms with E-state index in [1.807, 2.05) is 35.0 Å². The Bertz CT molecular complexity index is 568. The summed E-state index contributed by atoms with van der Waals surface area (Å²) in [5, 5.41) is 8.39. The molecule has 19 heavy (non-hydrogen) atoms. The Morgan fingerprint density at radius 2 is 2.21 bits per heavy atom. The fourth-order valence-corrected chi connectivity index (χ4v) is 5.36. The maximum absolute atomic E-state index is 5.88. The van der Waals surface area contributed by atoms with E-state index in [0.717, 1.165) is 22.1 Å². The summed E-state index contributed by atoms with van der Waals surface area (Å²) in [7, 11) is 0. The highest BCUT2D eigenvalue weighted by Gasteiger charge is 2.30. The Kier molecular flexibility index (Phi) is 3.77. The molecule has 0 saturated carbocycles. The highest BCUT2D eigenvalue weighted by Crippen LogP contribution is 2.43.